The van der Waals surface area contributed by atoms with Gasteiger partial charge in [0.25, 0.3) is 0 Å². The maximum atomic E-state index is 10.7. The lowest BCUT2D eigenvalue weighted by Crippen LogP contribution is -2.36. The van der Waals surface area contributed by atoms with Crippen LogP contribution in [-0.2, 0) is 4.79 Å². The molecule has 1 atom stereocenters. The van der Waals surface area contributed by atoms with Crippen LogP contribution in [0.2, 0.25) is 0 Å². The minimum Gasteiger partial charge on any atom is -0.479 e. The van der Waals surface area contributed by atoms with Crippen molar-refractivity contribution in [3.63, 3.8) is 0 Å². The lowest BCUT2D eigenvalue weighted by molar-refractivity contribution is -0.146. The zero-order valence-electron chi connectivity index (χ0n) is 8.53. The monoisotopic (exact) mass is 240 g/mol. The van der Waals surface area contributed by atoms with Gasteiger partial charge in [-0.3, -0.25) is 0 Å². The Kier molecular flexibility index (Phi) is 2.92. The number of aliphatic hydroxyl groups is 1. The van der Waals surface area contributed by atoms with E-state index in [4.69, 9.17) is 14.6 Å². The topological polar surface area (TPSA) is 116 Å². The fourth-order valence-corrected chi connectivity index (χ4v) is 1.65. The summed E-state index contributed by atoms with van der Waals surface area (Å²) in [5.74, 6) is -1.18. The maximum absolute atomic E-state index is 10.7. The van der Waals surface area contributed by atoms with Gasteiger partial charge in [0, 0.05) is 5.46 Å². The van der Waals surface area contributed by atoms with Gasteiger partial charge in [-0.1, -0.05) is 6.07 Å². The second kappa shape index (κ2) is 4.25. The molecule has 7 nitrogen and oxygen atoms in total. The van der Waals surface area contributed by atoms with Crippen LogP contribution >= 0.6 is 0 Å². The summed E-state index contributed by atoms with van der Waals surface area (Å²) >= 11 is 0. The molecule has 0 fully saturated rings. The van der Waals surface area contributed by atoms with Gasteiger partial charge in [-0.15, -0.1) is 0 Å². The number of carbonyl (C=O) groups is 1. The molecule has 8 heteroatoms. The van der Waals surface area contributed by atoms with Crippen LogP contribution in [-0.4, -0.2) is 40.1 Å². The van der Waals surface area contributed by atoms with Crippen molar-refractivity contribution in [2.75, 3.05) is 6.79 Å². The van der Waals surface area contributed by atoms with E-state index in [1.54, 1.807) is 0 Å². The average molecular weight is 240 g/mol. The molecule has 90 valence electrons. The summed E-state index contributed by atoms with van der Waals surface area (Å²) in [6.07, 6.45) is -1.86. The predicted molar refractivity (Wildman–Crippen MR) is 55.0 cm³/mol. The molecule has 1 aromatic carbocycles. The first kappa shape index (κ1) is 11.7. The molecule has 4 N–H and O–H groups in total. The van der Waals surface area contributed by atoms with Gasteiger partial charge in [0.2, 0.25) is 6.79 Å². The number of aliphatic hydroxyl groups excluding tert-OH is 1. The van der Waals surface area contributed by atoms with E-state index in [2.05, 4.69) is 0 Å². The SMILES string of the molecule is O=C(O)C(O)c1ccc2c(c1B(O)O)OCO2. The Bertz CT molecular complexity index is 459. The molecule has 2 rings (SSSR count). The van der Waals surface area contributed by atoms with E-state index < -0.39 is 19.2 Å². The van der Waals surface area contributed by atoms with Gasteiger partial charge in [0.15, 0.2) is 17.6 Å². The molecule has 0 bridgehead atoms. The van der Waals surface area contributed by atoms with Crippen LogP contribution < -0.4 is 14.9 Å². The third-order valence-electron chi connectivity index (χ3n) is 2.40. The van der Waals surface area contributed by atoms with Crippen molar-refractivity contribution in [3.05, 3.63) is 17.7 Å². The molecule has 1 unspecified atom stereocenters. The Morgan fingerprint density at radius 1 is 1.35 bits per heavy atom. The zero-order chi connectivity index (χ0) is 12.6. The van der Waals surface area contributed by atoms with E-state index in [-0.39, 0.29) is 29.3 Å². The van der Waals surface area contributed by atoms with Gasteiger partial charge in [0.1, 0.15) is 0 Å². The van der Waals surface area contributed by atoms with Crippen molar-refractivity contribution in [2.24, 2.45) is 0 Å². The molecule has 1 heterocycles. The fraction of sp³-hybridized carbons (Fsp3) is 0.222. The smallest absolute Gasteiger partial charge is 0.479 e. The summed E-state index contributed by atoms with van der Waals surface area (Å²) in [7, 11) is -1.96. The molecule has 0 amide bonds. The van der Waals surface area contributed by atoms with Crippen molar-refractivity contribution >= 4 is 18.6 Å². The standard InChI is InChI=1S/C9H9BO7/c11-7(9(12)13)4-1-2-5-8(17-3-16-5)6(4)10(14)15/h1-2,7,11,14-15H,3H2,(H,12,13). The first-order chi connectivity index (χ1) is 8.02. The highest BCUT2D eigenvalue weighted by molar-refractivity contribution is 6.60. The number of rotatable bonds is 3. The molecule has 0 radical (unpaired) electrons. The van der Waals surface area contributed by atoms with E-state index in [0.29, 0.717) is 0 Å². The normalized spacial score (nSPS) is 14.5. The first-order valence-electron chi connectivity index (χ1n) is 4.71. The summed E-state index contributed by atoms with van der Waals surface area (Å²) < 4.78 is 10.0. The molecule has 0 spiro atoms. The highest BCUT2D eigenvalue weighted by Crippen LogP contribution is 2.32. The van der Waals surface area contributed by atoms with Crippen LogP contribution in [0.5, 0.6) is 11.5 Å². The van der Waals surface area contributed by atoms with Crippen LogP contribution in [0.3, 0.4) is 0 Å². The van der Waals surface area contributed by atoms with Crippen molar-refractivity contribution < 1.29 is 34.5 Å². The molecule has 1 aromatic rings. The second-order valence-corrected chi connectivity index (χ2v) is 3.42. The van der Waals surface area contributed by atoms with Crippen LogP contribution in [0, 0.1) is 0 Å². The summed E-state index contributed by atoms with van der Waals surface area (Å²) in [6, 6.07) is 2.65. The van der Waals surface area contributed by atoms with E-state index in [1.165, 1.54) is 12.1 Å². The van der Waals surface area contributed by atoms with Crippen molar-refractivity contribution in [2.45, 2.75) is 6.10 Å². The second-order valence-electron chi connectivity index (χ2n) is 3.42. The maximum Gasteiger partial charge on any atom is 0.492 e. The van der Waals surface area contributed by atoms with E-state index in [0.717, 1.165) is 0 Å². The number of hydrogen-bond acceptors (Lipinski definition) is 6. The lowest BCUT2D eigenvalue weighted by Gasteiger charge is -2.13. The van der Waals surface area contributed by atoms with Crippen molar-refractivity contribution in [1.29, 1.82) is 0 Å². The summed E-state index contributed by atoms with van der Waals surface area (Å²) in [5.41, 5.74) is -0.341. The van der Waals surface area contributed by atoms with Crippen LogP contribution in [0.4, 0.5) is 0 Å². The lowest BCUT2D eigenvalue weighted by atomic mass is 9.74. The van der Waals surface area contributed by atoms with E-state index >= 15 is 0 Å². The first-order valence-corrected chi connectivity index (χ1v) is 4.71. The van der Waals surface area contributed by atoms with E-state index in [1.807, 2.05) is 0 Å². The van der Waals surface area contributed by atoms with Crippen LogP contribution in [0.25, 0.3) is 0 Å². The fourth-order valence-electron chi connectivity index (χ4n) is 1.65. The molecule has 0 saturated carbocycles. The Balaban J connectivity index is 2.56. The Labute approximate surface area is 96.0 Å². The van der Waals surface area contributed by atoms with Gasteiger partial charge in [-0.2, -0.15) is 0 Å². The number of carboxylic acid groups (broad SMARTS) is 1. The number of aliphatic carboxylic acids is 1. The third-order valence-corrected chi connectivity index (χ3v) is 2.40. The number of carboxylic acids is 1. The third kappa shape index (κ3) is 1.93. The summed E-state index contributed by atoms with van der Waals surface area (Å²) in [5, 5.41) is 36.6. The van der Waals surface area contributed by atoms with Gasteiger partial charge in [-0.25, -0.2) is 4.79 Å². The number of fused-ring (bicyclic) bond motifs is 1. The molecule has 1 aliphatic heterocycles. The summed E-state index contributed by atoms with van der Waals surface area (Å²) in [4.78, 5) is 10.7. The number of ether oxygens (including phenoxy) is 2. The highest BCUT2D eigenvalue weighted by atomic mass is 16.7. The van der Waals surface area contributed by atoms with Crippen LogP contribution in [0.15, 0.2) is 12.1 Å². The largest absolute Gasteiger partial charge is 0.492 e. The molecule has 0 aliphatic carbocycles. The van der Waals surface area contributed by atoms with E-state index in [9.17, 15) is 19.9 Å². The Hall–Kier alpha value is -1.77. The molecular weight excluding hydrogens is 231 g/mol. The number of benzene rings is 1. The predicted octanol–water partition coefficient (Wildman–Crippen LogP) is -1.79. The van der Waals surface area contributed by atoms with Gasteiger partial charge < -0.3 is 29.7 Å². The molecule has 0 aromatic heterocycles. The number of hydrogen-bond donors (Lipinski definition) is 4. The molecule has 1 aliphatic rings. The summed E-state index contributed by atoms with van der Waals surface area (Å²) in [6.45, 7) is -0.0956. The van der Waals surface area contributed by atoms with Crippen LogP contribution in [0.1, 0.15) is 11.7 Å². The van der Waals surface area contributed by atoms with Gasteiger partial charge >= 0.3 is 13.1 Å². The van der Waals surface area contributed by atoms with Crippen molar-refractivity contribution in [1.82, 2.24) is 0 Å². The average Bonchev–Trinajstić information content (AvgIpc) is 2.73. The highest BCUT2D eigenvalue weighted by Gasteiger charge is 2.32. The molecular formula is C9H9BO7. The minimum atomic E-state index is -1.96. The Morgan fingerprint density at radius 3 is 2.65 bits per heavy atom. The molecule has 0 saturated heterocycles. The van der Waals surface area contributed by atoms with Crippen molar-refractivity contribution in [3.8, 4) is 11.5 Å². The zero-order valence-corrected chi connectivity index (χ0v) is 8.53. The quantitative estimate of drug-likeness (QED) is 0.461. The molecule has 17 heavy (non-hydrogen) atoms. The Morgan fingerprint density at radius 2 is 2.06 bits per heavy atom. The van der Waals surface area contributed by atoms with Gasteiger partial charge in [0.05, 0.1) is 0 Å². The van der Waals surface area contributed by atoms with Gasteiger partial charge in [-0.05, 0) is 11.6 Å². The minimum absolute atomic E-state index is 0.0396.